The van der Waals surface area contributed by atoms with Gasteiger partial charge in [-0.25, -0.2) is 0 Å². The van der Waals surface area contributed by atoms with Crippen LogP contribution in [0.5, 0.6) is 0 Å². The number of fused-ring (bicyclic) bond motifs is 3. The Labute approximate surface area is 198 Å². The molecule has 2 N–H and O–H groups in total. The molecule has 0 fully saturated rings. The van der Waals surface area contributed by atoms with Crippen LogP contribution in [-0.4, -0.2) is 11.1 Å². The van der Waals surface area contributed by atoms with Crippen LogP contribution in [0, 0.1) is 6.92 Å². The number of anilines is 2. The summed E-state index contributed by atoms with van der Waals surface area (Å²) < 4.78 is 0. The van der Waals surface area contributed by atoms with Gasteiger partial charge in [0.05, 0.1) is 0 Å². The lowest BCUT2D eigenvalue weighted by Crippen LogP contribution is -2.15. The fraction of sp³-hybridized carbons (Fsp3) is 0.207. The topological polar surface area (TPSA) is 49.3 Å². The monoisotopic (exact) mass is 453 g/mol. The first-order valence-electron chi connectivity index (χ1n) is 11.3. The molecule has 0 radical (unpaired) electrons. The number of thiophene rings is 1. The number of carbonyl (C=O) groups is 1. The minimum absolute atomic E-state index is 0.0780. The average molecular weight is 454 g/mol. The Bertz CT molecular complexity index is 1350. The second-order valence-corrected chi connectivity index (χ2v) is 10.6. The molecule has 0 amide bonds. The fourth-order valence-electron chi connectivity index (χ4n) is 4.73. The van der Waals surface area contributed by atoms with E-state index in [2.05, 4.69) is 74.6 Å². The molecule has 0 unspecified atom stereocenters. The Morgan fingerprint density at radius 2 is 1.55 bits per heavy atom. The molecule has 3 nitrogen and oxygen atoms in total. The fourth-order valence-corrected chi connectivity index (χ4v) is 5.59. The number of aliphatic carboxylic acids is 1. The van der Waals surface area contributed by atoms with E-state index in [1.807, 2.05) is 35.6 Å². The Balaban J connectivity index is 1.41. The number of hydrogen-bond donors (Lipinski definition) is 2. The van der Waals surface area contributed by atoms with E-state index in [9.17, 15) is 4.79 Å². The van der Waals surface area contributed by atoms with Crippen molar-refractivity contribution >= 4 is 28.7 Å². The molecular formula is C29H27NO2S. The van der Waals surface area contributed by atoms with E-state index < -0.39 is 5.97 Å². The Kier molecular flexibility index (Phi) is 5.34. The average Bonchev–Trinajstić information content (AvgIpc) is 3.32. The lowest BCUT2D eigenvalue weighted by Gasteiger charge is -2.22. The van der Waals surface area contributed by atoms with E-state index in [0.29, 0.717) is 6.42 Å². The quantitative estimate of drug-likeness (QED) is 0.313. The van der Waals surface area contributed by atoms with Crippen LogP contribution >= 0.6 is 11.3 Å². The van der Waals surface area contributed by atoms with Crippen molar-refractivity contribution in [3.8, 4) is 21.6 Å². The second kappa shape index (κ2) is 8.20. The van der Waals surface area contributed by atoms with Gasteiger partial charge in [-0.05, 0) is 89.2 Å². The maximum atomic E-state index is 10.8. The van der Waals surface area contributed by atoms with Crippen molar-refractivity contribution in [1.82, 2.24) is 0 Å². The van der Waals surface area contributed by atoms with Crippen LogP contribution in [0.4, 0.5) is 11.4 Å². The van der Waals surface area contributed by atoms with Gasteiger partial charge in [-0.1, -0.05) is 44.2 Å². The van der Waals surface area contributed by atoms with Crippen molar-refractivity contribution < 1.29 is 9.90 Å². The summed E-state index contributed by atoms with van der Waals surface area (Å²) in [7, 11) is 0. The lowest BCUT2D eigenvalue weighted by atomic mass is 9.82. The number of carboxylic acids is 1. The summed E-state index contributed by atoms with van der Waals surface area (Å²) in [5.74, 6) is -0.767. The molecule has 0 spiro atoms. The molecule has 0 bridgehead atoms. The van der Waals surface area contributed by atoms with Gasteiger partial charge in [0.25, 0.3) is 0 Å². The molecule has 4 heteroatoms. The summed E-state index contributed by atoms with van der Waals surface area (Å²) in [6.45, 7) is 6.77. The van der Waals surface area contributed by atoms with E-state index >= 15 is 0 Å². The van der Waals surface area contributed by atoms with Gasteiger partial charge in [-0.15, -0.1) is 11.3 Å². The van der Waals surface area contributed by atoms with Crippen molar-refractivity contribution in [1.29, 1.82) is 0 Å². The Hall–Kier alpha value is -3.37. The minimum atomic E-state index is -0.767. The number of hydrogen-bond acceptors (Lipinski definition) is 3. The third-order valence-corrected chi connectivity index (χ3v) is 7.62. The molecule has 4 aromatic rings. The first-order chi connectivity index (χ1) is 15.8. The number of aryl methyl sites for hydroxylation is 2. The van der Waals surface area contributed by atoms with Crippen LogP contribution in [0.2, 0.25) is 0 Å². The van der Waals surface area contributed by atoms with E-state index in [0.717, 1.165) is 16.9 Å². The zero-order chi connectivity index (χ0) is 23.2. The van der Waals surface area contributed by atoms with Gasteiger partial charge >= 0.3 is 5.97 Å². The highest BCUT2D eigenvalue weighted by Crippen LogP contribution is 2.50. The third-order valence-electron chi connectivity index (χ3n) is 6.57. The smallest absolute Gasteiger partial charge is 0.303 e. The van der Waals surface area contributed by atoms with Crippen molar-refractivity contribution in [3.05, 3.63) is 94.4 Å². The molecule has 3 aromatic carbocycles. The van der Waals surface area contributed by atoms with Crippen LogP contribution in [0.15, 0.2) is 72.8 Å². The standard InChI is InChI=1S/C29H27NO2S/c1-18-4-14-27(33-18)20-8-12-23-24-13-11-22(17-26(24)29(2,3)25(23)16-20)30-21-9-5-19(6-10-21)7-15-28(31)32/h4-6,8-14,16-17,30H,7,15H2,1-3H3,(H,31,32). The molecule has 0 saturated carbocycles. The summed E-state index contributed by atoms with van der Waals surface area (Å²) in [5, 5.41) is 12.4. The molecule has 5 rings (SSSR count). The number of nitrogens with one attached hydrogen (secondary N) is 1. The number of benzene rings is 3. The summed E-state index contributed by atoms with van der Waals surface area (Å²) in [6, 6.07) is 25.9. The van der Waals surface area contributed by atoms with Gasteiger partial charge in [0, 0.05) is 33.0 Å². The molecule has 1 aliphatic rings. The van der Waals surface area contributed by atoms with Crippen LogP contribution < -0.4 is 5.32 Å². The molecule has 1 aliphatic carbocycles. The molecule has 0 saturated heterocycles. The largest absolute Gasteiger partial charge is 0.481 e. The highest BCUT2D eigenvalue weighted by molar-refractivity contribution is 7.15. The summed E-state index contributed by atoms with van der Waals surface area (Å²) >= 11 is 1.84. The maximum Gasteiger partial charge on any atom is 0.303 e. The first-order valence-corrected chi connectivity index (χ1v) is 12.1. The summed E-state index contributed by atoms with van der Waals surface area (Å²) in [5.41, 5.74) is 9.63. The SMILES string of the molecule is Cc1ccc(-c2ccc3c(c2)C(C)(C)c2cc(Nc4ccc(CCC(=O)O)cc4)ccc2-3)s1. The van der Waals surface area contributed by atoms with Crippen LogP contribution in [0.1, 0.15) is 41.8 Å². The van der Waals surface area contributed by atoms with Crippen molar-refractivity contribution in [2.45, 2.75) is 39.0 Å². The Morgan fingerprint density at radius 1 is 0.879 bits per heavy atom. The van der Waals surface area contributed by atoms with Gasteiger partial charge in [0.15, 0.2) is 0 Å². The highest BCUT2D eigenvalue weighted by Gasteiger charge is 2.35. The van der Waals surface area contributed by atoms with Gasteiger partial charge in [0.2, 0.25) is 0 Å². The molecule has 33 heavy (non-hydrogen) atoms. The predicted octanol–water partition coefficient (Wildman–Crippen LogP) is 7.79. The van der Waals surface area contributed by atoms with Gasteiger partial charge < -0.3 is 10.4 Å². The van der Waals surface area contributed by atoms with Crippen LogP contribution in [0.3, 0.4) is 0 Å². The molecule has 0 atom stereocenters. The van der Waals surface area contributed by atoms with Crippen molar-refractivity contribution in [3.63, 3.8) is 0 Å². The molecule has 166 valence electrons. The number of carboxylic acid groups (broad SMARTS) is 1. The molecule has 1 heterocycles. The van der Waals surface area contributed by atoms with E-state index in [-0.39, 0.29) is 11.8 Å². The number of rotatable bonds is 6. The first kappa shape index (κ1) is 21.5. The van der Waals surface area contributed by atoms with Crippen molar-refractivity contribution in [2.75, 3.05) is 5.32 Å². The Morgan fingerprint density at radius 3 is 2.21 bits per heavy atom. The van der Waals surface area contributed by atoms with E-state index in [1.165, 1.54) is 37.6 Å². The maximum absolute atomic E-state index is 10.8. The van der Waals surface area contributed by atoms with Gasteiger partial charge in [0.1, 0.15) is 0 Å². The molecule has 0 aliphatic heterocycles. The van der Waals surface area contributed by atoms with Crippen LogP contribution in [0.25, 0.3) is 21.6 Å². The molecular weight excluding hydrogens is 426 g/mol. The van der Waals surface area contributed by atoms with E-state index in [1.54, 1.807) is 0 Å². The zero-order valence-corrected chi connectivity index (χ0v) is 19.9. The third kappa shape index (κ3) is 4.07. The lowest BCUT2D eigenvalue weighted by molar-refractivity contribution is -0.136. The highest BCUT2D eigenvalue weighted by atomic mass is 32.1. The zero-order valence-electron chi connectivity index (χ0n) is 19.1. The van der Waals surface area contributed by atoms with E-state index in [4.69, 9.17) is 5.11 Å². The van der Waals surface area contributed by atoms with Gasteiger partial charge in [-0.2, -0.15) is 0 Å². The minimum Gasteiger partial charge on any atom is -0.481 e. The normalized spacial score (nSPS) is 13.4. The molecule has 1 aromatic heterocycles. The predicted molar refractivity (Wildman–Crippen MR) is 138 cm³/mol. The second-order valence-electron chi connectivity index (χ2n) is 9.27. The summed E-state index contributed by atoms with van der Waals surface area (Å²) in [6.07, 6.45) is 0.703. The van der Waals surface area contributed by atoms with Gasteiger partial charge in [-0.3, -0.25) is 4.79 Å². The van der Waals surface area contributed by atoms with Crippen molar-refractivity contribution in [2.24, 2.45) is 0 Å². The van der Waals surface area contributed by atoms with Crippen LogP contribution in [-0.2, 0) is 16.6 Å². The summed E-state index contributed by atoms with van der Waals surface area (Å²) in [4.78, 5) is 13.4.